The van der Waals surface area contributed by atoms with Crippen LogP contribution < -0.4 is 15.5 Å². The first kappa shape index (κ1) is 28.7. The van der Waals surface area contributed by atoms with E-state index in [0.29, 0.717) is 61.5 Å². The zero-order valence-electron chi connectivity index (χ0n) is 21.1. The molecule has 1 saturated heterocycles. The van der Waals surface area contributed by atoms with Gasteiger partial charge in [-0.3, -0.25) is 14.4 Å². The number of carboxylic acid groups (broad SMARTS) is 1. The van der Waals surface area contributed by atoms with Crippen molar-refractivity contribution in [3.05, 3.63) is 21.3 Å². The van der Waals surface area contributed by atoms with Gasteiger partial charge in [0.25, 0.3) is 5.91 Å². The van der Waals surface area contributed by atoms with Crippen LogP contribution in [-0.2, 0) is 14.3 Å². The number of amides is 2. The Morgan fingerprint density at radius 1 is 1.27 bits per heavy atom. The lowest BCUT2D eigenvalue weighted by Gasteiger charge is -2.38. The standard InChI is InChI=1S/C24H32ClN5O6S/c1-4-14-11-16(27-21(14)25)22(33)28-15-8-10-30(12-18(15)36-5-2)24-29-19(20(37-24)23(34)35)17(32)7-6-9-26-13(3)31/h15,18H,4-12H2,1-3H3,(H,26,31)(H,28,33)(H,34,35)/t15-,18+/m1/s1. The average molecular weight is 554 g/mol. The molecule has 0 spiro atoms. The highest BCUT2D eigenvalue weighted by molar-refractivity contribution is 7.17. The molecular weight excluding hydrogens is 522 g/mol. The van der Waals surface area contributed by atoms with E-state index in [9.17, 15) is 24.3 Å². The van der Waals surface area contributed by atoms with Crippen LogP contribution >= 0.6 is 22.9 Å². The minimum absolute atomic E-state index is 0.0713. The number of nitrogens with zero attached hydrogens (tertiary/aromatic N) is 3. The second-order valence-corrected chi connectivity index (χ2v) is 10.1. The molecule has 2 aliphatic rings. The predicted octanol–water partition coefficient (Wildman–Crippen LogP) is 2.75. The first-order valence-electron chi connectivity index (χ1n) is 12.3. The van der Waals surface area contributed by atoms with Gasteiger partial charge in [-0.2, -0.15) is 0 Å². The van der Waals surface area contributed by atoms with Crippen molar-refractivity contribution >= 4 is 57.3 Å². The highest BCUT2D eigenvalue weighted by Crippen LogP contribution is 2.31. The third-order valence-electron chi connectivity index (χ3n) is 6.15. The number of Topliss-reactive ketones (excluding diaryl/α,β-unsaturated/α-hetero) is 1. The molecule has 0 aliphatic carbocycles. The van der Waals surface area contributed by atoms with Crippen LogP contribution in [0.3, 0.4) is 0 Å². The summed E-state index contributed by atoms with van der Waals surface area (Å²) in [5.74, 6) is -2.07. The Labute approximate surface area is 224 Å². The molecule has 3 heterocycles. The SMILES string of the molecule is CCO[C@H]1CN(c2nc(C(=O)CCCNC(C)=O)c(C(=O)O)s2)CC[C@H]1NC(=O)C1=NC(Cl)=C(CC)C1. The number of anilines is 1. The number of aromatic nitrogens is 1. The molecule has 0 radical (unpaired) electrons. The Kier molecular flexibility index (Phi) is 10.2. The minimum Gasteiger partial charge on any atom is -0.477 e. The van der Waals surface area contributed by atoms with E-state index in [1.807, 2.05) is 18.7 Å². The highest BCUT2D eigenvalue weighted by Gasteiger charge is 2.35. The molecule has 202 valence electrons. The Bertz CT molecular complexity index is 1120. The second-order valence-electron chi connectivity index (χ2n) is 8.78. The monoisotopic (exact) mass is 553 g/mol. The number of aromatic carboxylic acids is 1. The number of ether oxygens (including phenoxy) is 1. The molecule has 3 rings (SSSR count). The topological polar surface area (TPSA) is 150 Å². The minimum atomic E-state index is -1.21. The summed E-state index contributed by atoms with van der Waals surface area (Å²) in [5, 5.41) is 16.1. The molecule has 13 heteroatoms. The number of allylic oxidation sites excluding steroid dienone is 1. The van der Waals surface area contributed by atoms with Gasteiger partial charge in [-0.1, -0.05) is 29.9 Å². The maximum absolute atomic E-state index is 12.8. The van der Waals surface area contributed by atoms with E-state index in [2.05, 4.69) is 20.6 Å². The number of ketones is 1. The van der Waals surface area contributed by atoms with Gasteiger partial charge in [-0.05, 0) is 31.8 Å². The second kappa shape index (κ2) is 13.1. The average Bonchev–Trinajstić information content (AvgIpc) is 3.47. The van der Waals surface area contributed by atoms with Gasteiger partial charge < -0.3 is 25.4 Å². The summed E-state index contributed by atoms with van der Waals surface area (Å²) in [5.41, 5.74) is 1.24. The lowest BCUT2D eigenvalue weighted by Crippen LogP contribution is -2.56. The van der Waals surface area contributed by atoms with Crippen molar-refractivity contribution in [3.63, 3.8) is 0 Å². The van der Waals surface area contributed by atoms with Crippen LogP contribution in [0, 0.1) is 0 Å². The van der Waals surface area contributed by atoms with Crippen LogP contribution in [0.4, 0.5) is 5.13 Å². The number of carbonyl (C=O) groups excluding carboxylic acids is 3. The first-order valence-corrected chi connectivity index (χ1v) is 13.5. The van der Waals surface area contributed by atoms with Crippen LogP contribution in [0.25, 0.3) is 0 Å². The van der Waals surface area contributed by atoms with E-state index < -0.39 is 5.97 Å². The van der Waals surface area contributed by atoms with Crippen LogP contribution in [0.5, 0.6) is 0 Å². The zero-order chi connectivity index (χ0) is 27.1. The molecule has 0 saturated carbocycles. The lowest BCUT2D eigenvalue weighted by molar-refractivity contribution is -0.119. The molecule has 2 aliphatic heterocycles. The van der Waals surface area contributed by atoms with Gasteiger partial charge in [0.1, 0.15) is 21.4 Å². The van der Waals surface area contributed by atoms with Gasteiger partial charge in [-0.25, -0.2) is 14.8 Å². The molecular formula is C24H32ClN5O6S. The van der Waals surface area contributed by atoms with E-state index in [0.717, 1.165) is 23.3 Å². The number of carbonyl (C=O) groups is 4. The summed E-state index contributed by atoms with van der Waals surface area (Å²) in [7, 11) is 0. The zero-order valence-corrected chi connectivity index (χ0v) is 22.7. The molecule has 11 nitrogen and oxygen atoms in total. The van der Waals surface area contributed by atoms with Gasteiger partial charge in [0.15, 0.2) is 10.9 Å². The van der Waals surface area contributed by atoms with Gasteiger partial charge in [0.2, 0.25) is 5.91 Å². The Morgan fingerprint density at radius 3 is 2.65 bits per heavy atom. The van der Waals surface area contributed by atoms with E-state index in [-0.39, 0.29) is 46.7 Å². The lowest BCUT2D eigenvalue weighted by atomic mass is 10.0. The quantitative estimate of drug-likeness (QED) is 0.203. The number of hydrogen-bond donors (Lipinski definition) is 3. The number of hydrogen-bond acceptors (Lipinski definition) is 9. The van der Waals surface area contributed by atoms with Gasteiger partial charge >= 0.3 is 5.97 Å². The summed E-state index contributed by atoms with van der Waals surface area (Å²) in [4.78, 5) is 58.7. The third kappa shape index (κ3) is 7.36. The Balaban J connectivity index is 1.67. The van der Waals surface area contributed by atoms with Gasteiger partial charge in [-0.15, -0.1) is 0 Å². The van der Waals surface area contributed by atoms with E-state index in [1.54, 1.807) is 0 Å². The number of piperidine rings is 1. The summed E-state index contributed by atoms with van der Waals surface area (Å²) < 4.78 is 5.92. The van der Waals surface area contributed by atoms with Crippen molar-refractivity contribution in [2.75, 3.05) is 31.1 Å². The fourth-order valence-corrected chi connectivity index (χ4v) is 5.47. The highest BCUT2D eigenvalue weighted by atomic mass is 35.5. The molecule has 3 N–H and O–H groups in total. The molecule has 1 aromatic rings. The third-order valence-corrected chi connectivity index (χ3v) is 7.61. The van der Waals surface area contributed by atoms with E-state index in [4.69, 9.17) is 16.3 Å². The number of aliphatic imine (C=N–C) groups is 1. The van der Waals surface area contributed by atoms with E-state index in [1.165, 1.54) is 6.92 Å². The number of nitrogens with one attached hydrogen (secondary N) is 2. The fraction of sp³-hybridized carbons (Fsp3) is 0.583. The summed E-state index contributed by atoms with van der Waals surface area (Å²) in [6.07, 6.45) is 1.78. The molecule has 2 atom stereocenters. The van der Waals surface area contributed by atoms with Gasteiger partial charge in [0, 0.05) is 46.0 Å². The predicted molar refractivity (Wildman–Crippen MR) is 141 cm³/mol. The smallest absolute Gasteiger partial charge is 0.348 e. The fourth-order valence-electron chi connectivity index (χ4n) is 4.21. The van der Waals surface area contributed by atoms with Crippen molar-refractivity contribution in [2.24, 2.45) is 4.99 Å². The van der Waals surface area contributed by atoms with Crippen molar-refractivity contribution in [2.45, 2.75) is 65.0 Å². The number of rotatable bonds is 12. The van der Waals surface area contributed by atoms with Crippen LogP contribution in [-0.4, -0.2) is 77.8 Å². The summed E-state index contributed by atoms with van der Waals surface area (Å²) >= 11 is 7.07. The molecule has 0 bridgehead atoms. The van der Waals surface area contributed by atoms with Crippen molar-refractivity contribution in [1.29, 1.82) is 0 Å². The summed E-state index contributed by atoms with van der Waals surface area (Å²) in [6, 6.07) is -0.273. The first-order chi connectivity index (χ1) is 17.6. The van der Waals surface area contributed by atoms with Crippen molar-refractivity contribution < 1.29 is 29.0 Å². The number of thiazole rings is 1. The number of carboxylic acids is 1. The molecule has 37 heavy (non-hydrogen) atoms. The molecule has 1 aromatic heterocycles. The molecule has 0 unspecified atom stereocenters. The van der Waals surface area contributed by atoms with Gasteiger partial charge in [0.05, 0.1) is 12.1 Å². The largest absolute Gasteiger partial charge is 0.477 e. The number of halogens is 1. The summed E-state index contributed by atoms with van der Waals surface area (Å²) in [6.45, 7) is 6.82. The Morgan fingerprint density at radius 2 is 2.03 bits per heavy atom. The van der Waals surface area contributed by atoms with E-state index >= 15 is 0 Å². The Hall–Kier alpha value is -2.83. The molecule has 0 aromatic carbocycles. The van der Waals surface area contributed by atoms with Crippen molar-refractivity contribution in [1.82, 2.24) is 15.6 Å². The molecule has 1 fully saturated rings. The van der Waals surface area contributed by atoms with Crippen LogP contribution in [0.2, 0.25) is 0 Å². The molecule has 2 amide bonds. The normalized spacial score (nSPS) is 19.6. The van der Waals surface area contributed by atoms with Crippen LogP contribution in [0.15, 0.2) is 15.7 Å². The maximum atomic E-state index is 12.8. The maximum Gasteiger partial charge on any atom is 0.348 e. The van der Waals surface area contributed by atoms with Crippen molar-refractivity contribution in [3.8, 4) is 0 Å². The van der Waals surface area contributed by atoms with Crippen LogP contribution in [0.1, 0.15) is 73.0 Å².